The molecule has 1 atom stereocenters. The lowest BCUT2D eigenvalue weighted by molar-refractivity contribution is -0.150. The molecule has 1 amide bonds. The van der Waals surface area contributed by atoms with Gasteiger partial charge < -0.3 is 14.8 Å². The van der Waals surface area contributed by atoms with Crippen molar-refractivity contribution < 1.29 is 19.1 Å². The fourth-order valence-corrected chi connectivity index (χ4v) is 1.54. The average Bonchev–Trinajstić information content (AvgIpc) is 2.44. The van der Waals surface area contributed by atoms with Crippen molar-refractivity contribution in [2.75, 3.05) is 13.2 Å². The largest absolute Gasteiger partial charge is 0.482 e. The van der Waals surface area contributed by atoms with E-state index in [0.717, 1.165) is 10.9 Å². The van der Waals surface area contributed by atoms with Gasteiger partial charge in [-0.25, -0.2) is 4.79 Å². The Morgan fingerprint density at radius 1 is 1.25 bits per heavy atom. The summed E-state index contributed by atoms with van der Waals surface area (Å²) < 4.78 is 11.0. The highest BCUT2D eigenvalue weighted by Crippen LogP contribution is 2.15. The molecule has 0 spiro atoms. The molecule has 0 aliphatic carbocycles. The quantitative estimate of drug-likeness (QED) is 0.771. The highest BCUT2D eigenvalue weighted by Gasteiger charge is 2.10. The van der Waals surface area contributed by atoms with Gasteiger partial charge in [-0.05, 0) is 37.6 Å². The number of nitrogens with one attached hydrogen (secondary N) is 1. The second kappa shape index (κ2) is 8.58. The second-order valence-corrected chi connectivity index (χ2v) is 5.20. The van der Waals surface area contributed by atoms with Crippen LogP contribution >= 0.6 is 15.9 Å². The molecule has 1 aromatic rings. The number of carbonyl (C=O) groups excluding carboxylic acids is 2. The van der Waals surface area contributed by atoms with Crippen LogP contribution in [0, 0.1) is 0 Å². The molecular weight excluding hydrogens is 326 g/mol. The van der Waals surface area contributed by atoms with E-state index >= 15 is 0 Å². The van der Waals surface area contributed by atoms with Crippen LogP contribution < -0.4 is 10.1 Å². The van der Waals surface area contributed by atoms with Crippen LogP contribution in [0.5, 0.6) is 5.75 Å². The maximum absolute atomic E-state index is 11.4. The summed E-state index contributed by atoms with van der Waals surface area (Å²) in [5, 5.41) is 2.70. The molecule has 0 saturated carbocycles. The van der Waals surface area contributed by atoms with Crippen LogP contribution in [-0.4, -0.2) is 31.1 Å². The zero-order chi connectivity index (χ0) is 15.0. The minimum atomic E-state index is -0.577. The Hall–Kier alpha value is -1.56. The van der Waals surface area contributed by atoms with E-state index < -0.39 is 5.97 Å². The summed E-state index contributed by atoms with van der Waals surface area (Å²) >= 11 is 3.30. The maximum Gasteiger partial charge on any atom is 0.344 e. The standard InChI is InChI=1S/C14H18BrNO4/c1-3-10(2)16-13(17)8-20-14(18)9-19-12-6-4-11(15)5-7-12/h4-7,10H,3,8-9H2,1-2H3,(H,16,17)/t10-/m1/s1. The third-order valence-corrected chi connectivity index (χ3v) is 3.08. The Morgan fingerprint density at radius 2 is 1.90 bits per heavy atom. The lowest BCUT2D eigenvalue weighted by Crippen LogP contribution is -2.35. The van der Waals surface area contributed by atoms with Crippen molar-refractivity contribution in [3.8, 4) is 5.75 Å². The molecule has 6 heteroatoms. The Labute approximate surface area is 126 Å². The third-order valence-electron chi connectivity index (χ3n) is 2.55. The van der Waals surface area contributed by atoms with E-state index in [0.29, 0.717) is 5.75 Å². The molecule has 0 saturated heterocycles. The first kappa shape index (κ1) is 16.5. The number of ether oxygens (including phenoxy) is 2. The third kappa shape index (κ3) is 6.56. The molecule has 0 aliphatic heterocycles. The molecule has 0 unspecified atom stereocenters. The molecule has 5 nitrogen and oxygen atoms in total. The average molecular weight is 344 g/mol. The molecular formula is C14H18BrNO4. The van der Waals surface area contributed by atoms with Crippen LogP contribution in [0.2, 0.25) is 0 Å². The Kier molecular flexibility index (Phi) is 7.08. The van der Waals surface area contributed by atoms with Gasteiger partial charge in [0.2, 0.25) is 0 Å². The molecule has 0 aromatic heterocycles. The first-order chi connectivity index (χ1) is 9.51. The topological polar surface area (TPSA) is 64.6 Å². The Bertz CT molecular complexity index is 447. The number of amides is 1. The first-order valence-corrected chi connectivity index (χ1v) is 7.14. The fourth-order valence-electron chi connectivity index (χ4n) is 1.28. The molecule has 20 heavy (non-hydrogen) atoms. The van der Waals surface area contributed by atoms with Crippen LogP contribution in [0.15, 0.2) is 28.7 Å². The maximum atomic E-state index is 11.4. The molecule has 0 fully saturated rings. The van der Waals surface area contributed by atoms with E-state index in [1.807, 2.05) is 13.8 Å². The molecule has 110 valence electrons. The predicted octanol–water partition coefficient (Wildman–Crippen LogP) is 2.29. The van der Waals surface area contributed by atoms with Crippen LogP contribution in [0.25, 0.3) is 0 Å². The fraction of sp³-hybridized carbons (Fsp3) is 0.429. The number of carbonyl (C=O) groups is 2. The van der Waals surface area contributed by atoms with E-state index in [1.54, 1.807) is 24.3 Å². The number of hydrogen-bond donors (Lipinski definition) is 1. The molecule has 1 rings (SSSR count). The molecule has 0 aliphatic rings. The van der Waals surface area contributed by atoms with Crippen molar-refractivity contribution in [1.82, 2.24) is 5.32 Å². The molecule has 1 aromatic carbocycles. The van der Waals surface area contributed by atoms with Crippen molar-refractivity contribution in [3.05, 3.63) is 28.7 Å². The normalized spacial score (nSPS) is 11.6. The van der Waals surface area contributed by atoms with Gasteiger partial charge >= 0.3 is 5.97 Å². The minimum absolute atomic E-state index is 0.0696. The van der Waals surface area contributed by atoms with Crippen molar-refractivity contribution in [2.24, 2.45) is 0 Å². The molecule has 0 radical (unpaired) electrons. The van der Waals surface area contributed by atoms with Gasteiger partial charge in [-0.3, -0.25) is 4.79 Å². The van der Waals surface area contributed by atoms with Gasteiger partial charge in [0.25, 0.3) is 5.91 Å². The van der Waals surface area contributed by atoms with Crippen LogP contribution in [0.1, 0.15) is 20.3 Å². The summed E-state index contributed by atoms with van der Waals surface area (Å²) in [4.78, 5) is 22.8. The summed E-state index contributed by atoms with van der Waals surface area (Å²) in [6.07, 6.45) is 0.826. The summed E-state index contributed by atoms with van der Waals surface area (Å²) in [7, 11) is 0. The van der Waals surface area contributed by atoms with Gasteiger partial charge in [0.15, 0.2) is 13.2 Å². The molecule has 0 bridgehead atoms. The summed E-state index contributed by atoms with van der Waals surface area (Å²) in [6, 6.07) is 7.14. The van der Waals surface area contributed by atoms with E-state index in [9.17, 15) is 9.59 Å². The van der Waals surface area contributed by atoms with Crippen molar-refractivity contribution in [3.63, 3.8) is 0 Å². The number of rotatable bonds is 7. The number of halogens is 1. The van der Waals surface area contributed by atoms with Crippen molar-refractivity contribution in [1.29, 1.82) is 0 Å². The van der Waals surface area contributed by atoms with E-state index in [4.69, 9.17) is 9.47 Å². The van der Waals surface area contributed by atoms with Crippen LogP contribution in [0.3, 0.4) is 0 Å². The first-order valence-electron chi connectivity index (χ1n) is 6.34. The van der Waals surface area contributed by atoms with E-state index in [-0.39, 0.29) is 25.2 Å². The lowest BCUT2D eigenvalue weighted by atomic mass is 10.2. The number of hydrogen-bond acceptors (Lipinski definition) is 4. The van der Waals surface area contributed by atoms with Crippen molar-refractivity contribution >= 4 is 27.8 Å². The zero-order valence-electron chi connectivity index (χ0n) is 11.5. The van der Waals surface area contributed by atoms with Crippen molar-refractivity contribution in [2.45, 2.75) is 26.3 Å². The highest BCUT2D eigenvalue weighted by molar-refractivity contribution is 9.10. The van der Waals surface area contributed by atoms with Gasteiger partial charge in [-0.2, -0.15) is 0 Å². The number of esters is 1. The smallest absolute Gasteiger partial charge is 0.344 e. The predicted molar refractivity (Wildman–Crippen MR) is 78.5 cm³/mol. The van der Waals surface area contributed by atoms with E-state index in [1.165, 1.54) is 0 Å². The van der Waals surface area contributed by atoms with Crippen LogP contribution in [0.4, 0.5) is 0 Å². The van der Waals surface area contributed by atoms with Gasteiger partial charge in [0.1, 0.15) is 5.75 Å². The minimum Gasteiger partial charge on any atom is -0.482 e. The zero-order valence-corrected chi connectivity index (χ0v) is 13.1. The summed E-state index contributed by atoms with van der Waals surface area (Å²) in [5.74, 6) is -0.322. The van der Waals surface area contributed by atoms with Gasteiger partial charge in [-0.15, -0.1) is 0 Å². The lowest BCUT2D eigenvalue weighted by Gasteiger charge is -2.11. The molecule has 0 heterocycles. The summed E-state index contributed by atoms with van der Waals surface area (Å²) in [5.41, 5.74) is 0. The SMILES string of the molecule is CC[C@@H](C)NC(=O)COC(=O)COc1ccc(Br)cc1. The number of benzene rings is 1. The van der Waals surface area contributed by atoms with Gasteiger partial charge in [-0.1, -0.05) is 22.9 Å². The van der Waals surface area contributed by atoms with Gasteiger partial charge in [0, 0.05) is 10.5 Å². The van der Waals surface area contributed by atoms with E-state index in [2.05, 4.69) is 21.2 Å². The summed E-state index contributed by atoms with van der Waals surface area (Å²) in [6.45, 7) is 3.34. The molecule has 1 N–H and O–H groups in total. The monoisotopic (exact) mass is 343 g/mol. The Morgan fingerprint density at radius 3 is 2.50 bits per heavy atom. The Balaban J connectivity index is 2.23. The second-order valence-electron chi connectivity index (χ2n) is 4.28. The van der Waals surface area contributed by atoms with Crippen LogP contribution in [-0.2, 0) is 14.3 Å². The highest BCUT2D eigenvalue weighted by atomic mass is 79.9. The van der Waals surface area contributed by atoms with Gasteiger partial charge in [0.05, 0.1) is 0 Å².